The molecule has 0 spiro atoms. The van der Waals surface area contributed by atoms with Crippen molar-refractivity contribution in [2.75, 3.05) is 0 Å². The van der Waals surface area contributed by atoms with Crippen LogP contribution in [0.2, 0.25) is 4.13 Å². The third-order valence-corrected chi connectivity index (χ3v) is 7.49. The molecule has 0 heterocycles. The number of hydrogen-bond acceptors (Lipinski definition) is 0. The predicted octanol–water partition coefficient (Wildman–Crippen LogP) is 5.25. The van der Waals surface area contributed by atoms with Crippen LogP contribution in [0.15, 0.2) is 54.6 Å². The van der Waals surface area contributed by atoms with Gasteiger partial charge in [0.05, 0.1) is 0 Å². The molecule has 0 N–H and O–H groups in total. The molecule has 3 rings (SSSR count). The second-order valence-corrected chi connectivity index (χ2v) is 13.9. The summed E-state index contributed by atoms with van der Waals surface area (Å²) in [7, 11) is 12.4. The van der Waals surface area contributed by atoms with Crippen molar-refractivity contribution in [3.8, 4) is 0 Å². The topological polar surface area (TPSA) is 0 Å². The first kappa shape index (κ1) is 12.9. The van der Waals surface area contributed by atoms with E-state index < -0.39 is 19.4 Å². The van der Waals surface area contributed by atoms with E-state index in [1.807, 2.05) is 0 Å². The summed E-state index contributed by atoms with van der Waals surface area (Å²) in [6.07, 6.45) is 13.3. The van der Waals surface area contributed by atoms with Gasteiger partial charge < -0.3 is 0 Å². The molecule has 0 amide bonds. The number of rotatable bonds is 3. The van der Waals surface area contributed by atoms with Crippen molar-refractivity contribution in [1.82, 2.24) is 0 Å². The van der Waals surface area contributed by atoms with Crippen LogP contribution < -0.4 is 0 Å². The van der Waals surface area contributed by atoms with E-state index in [0.29, 0.717) is 5.92 Å². The Balaban J connectivity index is 2.02. The molecular weight excluding hydrogens is 342 g/mol. The second kappa shape index (κ2) is 5.12. The van der Waals surface area contributed by atoms with Crippen LogP contribution in [0.4, 0.5) is 0 Å². The normalized spacial score (nSPS) is 22.4. The molecule has 1 atom stereocenters. The maximum absolute atomic E-state index is 6.22. The Morgan fingerprint density at radius 1 is 1.11 bits per heavy atom. The number of allylic oxidation sites excluding steroid dienone is 5. The van der Waals surface area contributed by atoms with Gasteiger partial charge in [0.15, 0.2) is 0 Å². The molecule has 1 aromatic rings. The van der Waals surface area contributed by atoms with Crippen molar-refractivity contribution in [1.29, 1.82) is 0 Å². The van der Waals surface area contributed by atoms with E-state index >= 15 is 0 Å². The summed E-state index contributed by atoms with van der Waals surface area (Å²) in [5.74, 6) is 0.386. The zero-order valence-electron chi connectivity index (χ0n) is 9.81. The summed E-state index contributed by atoms with van der Waals surface area (Å²) in [4.78, 5) is 0. The summed E-state index contributed by atoms with van der Waals surface area (Å²) < 4.78 is 0.939. The molecular formula is C15H13Cl2Zr. The number of fused-ring (bicyclic) bond motifs is 1. The van der Waals surface area contributed by atoms with Crippen LogP contribution in [0.25, 0.3) is 6.08 Å². The van der Waals surface area contributed by atoms with E-state index in [9.17, 15) is 0 Å². The van der Waals surface area contributed by atoms with Crippen LogP contribution in [0.5, 0.6) is 0 Å². The molecule has 0 fully saturated rings. The zero-order chi connectivity index (χ0) is 12.6. The Kier molecular flexibility index (Phi) is 3.67. The fourth-order valence-corrected chi connectivity index (χ4v) is 7.91. The van der Waals surface area contributed by atoms with Crippen LogP contribution in [0.1, 0.15) is 17.0 Å². The van der Waals surface area contributed by atoms with Gasteiger partial charge in [-0.1, -0.05) is 0 Å². The molecule has 0 bridgehead atoms. The Hall–Kier alpha value is -0.0969. The van der Waals surface area contributed by atoms with Crippen LogP contribution in [-0.4, -0.2) is 0 Å². The van der Waals surface area contributed by atoms with Gasteiger partial charge in [0.2, 0.25) is 0 Å². The average Bonchev–Trinajstić information content (AvgIpc) is 2.94. The van der Waals surface area contributed by atoms with Gasteiger partial charge in [0.1, 0.15) is 0 Å². The number of benzene rings is 1. The van der Waals surface area contributed by atoms with Gasteiger partial charge in [-0.2, -0.15) is 0 Å². The molecule has 0 saturated carbocycles. The first-order valence-corrected chi connectivity index (χ1v) is 14.1. The summed E-state index contributed by atoms with van der Waals surface area (Å²) in [6.45, 7) is 0. The van der Waals surface area contributed by atoms with Crippen molar-refractivity contribution >= 4 is 23.1 Å². The van der Waals surface area contributed by atoms with E-state index in [4.69, 9.17) is 17.0 Å². The minimum absolute atomic E-state index is 0.0153. The minimum atomic E-state index is -2.20. The van der Waals surface area contributed by atoms with Gasteiger partial charge in [0.25, 0.3) is 0 Å². The second-order valence-electron chi connectivity index (χ2n) is 4.81. The quantitative estimate of drug-likeness (QED) is 0.694. The van der Waals surface area contributed by atoms with Gasteiger partial charge >= 0.3 is 124 Å². The fraction of sp³-hybridized carbons (Fsp3) is 0.200. The van der Waals surface area contributed by atoms with E-state index in [0.717, 1.165) is 4.13 Å². The third kappa shape index (κ3) is 2.22. The number of halogens is 2. The fourth-order valence-electron chi connectivity index (χ4n) is 2.91. The van der Waals surface area contributed by atoms with Crippen molar-refractivity contribution in [3.05, 3.63) is 65.8 Å². The summed E-state index contributed by atoms with van der Waals surface area (Å²) in [5, 5.41) is 0. The van der Waals surface area contributed by atoms with Crippen LogP contribution in [-0.2, 0) is 19.4 Å². The van der Waals surface area contributed by atoms with Gasteiger partial charge in [-0.15, -0.1) is 0 Å². The van der Waals surface area contributed by atoms with Crippen LogP contribution in [0.3, 0.4) is 0 Å². The molecule has 1 aromatic carbocycles. The average molecular weight is 355 g/mol. The van der Waals surface area contributed by atoms with Gasteiger partial charge in [-0.25, -0.2) is 0 Å². The van der Waals surface area contributed by atoms with Gasteiger partial charge in [-0.05, 0) is 0 Å². The molecule has 0 nitrogen and oxygen atoms in total. The van der Waals surface area contributed by atoms with E-state index in [2.05, 4.69) is 60.7 Å². The molecule has 3 heteroatoms. The van der Waals surface area contributed by atoms with Crippen molar-refractivity contribution in [3.63, 3.8) is 0 Å². The molecule has 0 aliphatic heterocycles. The number of hydrogen-bond donors (Lipinski definition) is 0. The van der Waals surface area contributed by atoms with Crippen molar-refractivity contribution in [2.24, 2.45) is 5.41 Å². The predicted molar refractivity (Wildman–Crippen MR) is 75.4 cm³/mol. The van der Waals surface area contributed by atoms with Gasteiger partial charge in [-0.3, -0.25) is 0 Å². The molecule has 91 valence electrons. The summed E-state index contributed by atoms with van der Waals surface area (Å²) >= 11 is -2.20. The first-order chi connectivity index (χ1) is 8.71. The SMILES string of the molecule is [Cl][Zr]([Cl])[CH2]C1(C2C=Cc3ccccc32)C=CC=C1. The molecule has 0 aromatic heterocycles. The monoisotopic (exact) mass is 353 g/mol. The first-order valence-electron chi connectivity index (χ1n) is 6.02. The molecule has 0 radical (unpaired) electrons. The standard InChI is InChI=1S/C15H13.2ClH.Zr/c1-15(10-4-5-11-15)14-9-8-12-6-2-3-7-13(12)14;;;/h2-11,14H,1H2;2*1H;/q;;;+2/p-2. The van der Waals surface area contributed by atoms with E-state index in [1.54, 1.807) is 0 Å². The van der Waals surface area contributed by atoms with Crippen LogP contribution >= 0.6 is 17.0 Å². The molecule has 2 aliphatic carbocycles. The Bertz CT molecular complexity index is 531. The van der Waals surface area contributed by atoms with Crippen molar-refractivity contribution < 1.29 is 19.4 Å². The third-order valence-electron chi connectivity index (χ3n) is 3.74. The molecule has 0 saturated heterocycles. The van der Waals surface area contributed by atoms with E-state index in [1.165, 1.54) is 11.1 Å². The molecule has 2 aliphatic rings. The summed E-state index contributed by atoms with van der Waals surface area (Å²) in [6, 6.07) is 8.58. The Morgan fingerprint density at radius 3 is 2.56 bits per heavy atom. The summed E-state index contributed by atoms with van der Waals surface area (Å²) in [5.41, 5.74) is 2.73. The molecule has 18 heavy (non-hydrogen) atoms. The van der Waals surface area contributed by atoms with Crippen LogP contribution in [0, 0.1) is 5.41 Å². The molecule has 1 unspecified atom stereocenters. The Morgan fingerprint density at radius 2 is 1.83 bits per heavy atom. The Labute approximate surface area is 123 Å². The van der Waals surface area contributed by atoms with Crippen molar-refractivity contribution in [2.45, 2.75) is 10.0 Å². The van der Waals surface area contributed by atoms with E-state index in [-0.39, 0.29) is 5.41 Å². The zero-order valence-corrected chi connectivity index (χ0v) is 13.8. The maximum atomic E-state index is 6.22. The van der Waals surface area contributed by atoms with Gasteiger partial charge in [0, 0.05) is 0 Å².